The van der Waals surface area contributed by atoms with E-state index in [1.165, 1.54) is 9.43 Å². The van der Waals surface area contributed by atoms with Crippen LogP contribution in [0.1, 0.15) is 6.92 Å². The number of nitro groups is 2. The molecule has 0 spiro atoms. The molecule has 0 saturated heterocycles. The molecule has 0 aromatic heterocycles. The average Bonchev–Trinajstić information content (AvgIpc) is 2.52. The van der Waals surface area contributed by atoms with Gasteiger partial charge in [-0.2, -0.15) is 0 Å². The van der Waals surface area contributed by atoms with Gasteiger partial charge in [-0.3, -0.25) is 25.1 Å². The van der Waals surface area contributed by atoms with Gasteiger partial charge in [0, 0.05) is 19.7 Å². The topological polar surface area (TPSA) is 140 Å². The Labute approximate surface area is 141 Å². The summed E-state index contributed by atoms with van der Waals surface area (Å²) in [6.45, 7) is 2.60. The number of rotatable bonds is 9. The standard InChI is InChI=1S/C11H15ClN6O6/c1-3-15(7-6-14(2)12)18(23)13-24-11-5-4-9(16(19)20)8-10(11)17(21)22/h4-5,8H,3,6-7H2,1-2H3/b18-13-. The van der Waals surface area contributed by atoms with Crippen LogP contribution in [0.2, 0.25) is 0 Å². The summed E-state index contributed by atoms with van der Waals surface area (Å²) >= 11 is 5.65. The van der Waals surface area contributed by atoms with Crippen molar-refractivity contribution < 1.29 is 19.7 Å². The molecular formula is C11H15ClN6O6. The lowest BCUT2D eigenvalue weighted by Crippen LogP contribution is -2.35. The highest BCUT2D eigenvalue weighted by atomic mass is 35.5. The van der Waals surface area contributed by atoms with Crippen molar-refractivity contribution in [1.82, 2.24) is 9.43 Å². The van der Waals surface area contributed by atoms with E-state index >= 15 is 0 Å². The van der Waals surface area contributed by atoms with Gasteiger partial charge in [0.15, 0.2) is 0 Å². The molecule has 0 aliphatic heterocycles. The number of hydrogen-bond donors (Lipinski definition) is 0. The molecule has 0 saturated carbocycles. The highest BCUT2D eigenvalue weighted by Crippen LogP contribution is 2.31. The quantitative estimate of drug-likeness (QED) is 0.214. The summed E-state index contributed by atoms with van der Waals surface area (Å²) in [6.07, 6.45) is 0. The molecule has 1 rings (SSSR count). The molecule has 1 aromatic rings. The van der Waals surface area contributed by atoms with Crippen molar-refractivity contribution >= 4 is 23.2 Å². The summed E-state index contributed by atoms with van der Waals surface area (Å²) < 4.78 is 1.35. The van der Waals surface area contributed by atoms with Gasteiger partial charge in [0.05, 0.1) is 34.0 Å². The van der Waals surface area contributed by atoms with Crippen molar-refractivity contribution in [3.8, 4) is 5.75 Å². The summed E-state index contributed by atoms with van der Waals surface area (Å²) in [6, 6.07) is 2.73. The van der Waals surface area contributed by atoms with E-state index in [1.807, 2.05) is 0 Å². The maximum absolute atomic E-state index is 11.8. The van der Waals surface area contributed by atoms with E-state index in [0.29, 0.717) is 13.1 Å². The van der Waals surface area contributed by atoms with E-state index in [0.717, 1.165) is 18.2 Å². The molecule has 24 heavy (non-hydrogen) atoms. The van der Waals surface area contributed by atoms with Crippen molar-refractivity contribution in [3.05, 3.63) is 43.6 Å². The fourth-order valence-corrected chi connectivity index (χ4v) is 1.66. The van der Waals surface area contributed by atoms with Gasteiger partial charge in [0.2, 0.25) is 11.0 Å². The maximum Gasteiger partial charge on any atom is 0.321 e. The first-order chi connectivity index (χ1) is 11.3. The number of nitro benzene ring substituents is 2. The molecule has 132 valence electrons. The zero-order valence-corrected chi connectivity index (χ0v) is 13.6. The zero-order chi connectivity index (χ0) is 18.3. The molecule has 0 unspecified atom stereocenters. The van der Waals surface area contributed by atoms with Crippen molar-refractivity contribution in [2.75, 3.05) is 26.7 Å². The lowest BCUT2D eigenvalue weighted by molar-refractivity contribution is -0.706. The second kappa shape index (κ2) is 8.79. The predicted molar refractivity (Wildman–Crippen MR) is 82.2 cm³/mol. The molecule has 0 atom stereocenters. The monoisotopic (exact) mass is 362 g/mol. The second-order valence-electron chi connectivity index (χ2n) is 4.47. The van der Waals surface area contributed by atoms with Gasteiger partial charge in [-0.05, 0) is 24.8 Å². The molecule has 0 radical (unpaired) electrons. The van der Waals surface area contributed by atoms with Gasteiger partial charge in [-0.25, -0.2) is 4.42 Å². The number of likely N-dealkylation sites (N-methyl/N-ethyl adjacent to an activating group) is 2. The summed E-state index contributed by atoms with van der Waals surface area (Å²) in [5.74, 6) is -0.392. The van der Waals surface area contributed by atoms with Crippen molar-refractivity contribution in [3.63, 3.8) is 0 Å². The Hall–Kier alpha value is -2.73. The van der Waals surface area contributed by atoms with Crippen LogP contribution >= 0.6 is 11.8 Å². The molecule has 0 aliphatic rings. The van der Waals surface area contributed by atoms with Crippen LogP contribution in [-0.2, 0) is 0 Å². The van der Waals surface area contributed by atoms with Gasteiger partial charge < -0.3 is 5.21 Å². The fourth-order valence-electron chi connectivity index (χ4n) is 1.59. The van der Waals surface area contributed by atoms with E-state index < -0.39 is 27.0 Å². The van der Waals surface area contributed by atoms with Crippen LogP contribution in [0.25, 0.3) is 0 Å². The van der Waals surface area contributed by atoms with E-state index in [1.54, 1.807) is 14.0 Å². The number of non-ortho nitro benzene ring substituents is 1. The molecule has 0 heterocycles. The number of hydrogen-bond acceptors (Lipinski definition) is 8. The van der Waals surface area contributed by atoms with Crippen LogP contribution in [0.4, 0.5) is 11.4 Å². The van der Waals surface area contributed by atoms with Crippen LogP contribution in [0.5, 0.6) is 5.75 Å². The van der Waals surface area contributed by atoms with E-state index in [-0.39, 0.29) is 11.5 Å². The minimum absolute atomic E-state index is 0.130. The Morgan fingerprint density at radius 2 is 1.88 bits per heavy atom. The fraction of sp³-hybridized carbons (Fsp3) is 0.455. The maximum atomic E-state index is 11.8. The molecule has 0 aliphatic carbocycles. The van der Waals surface area contributed by atoms with E-state index in [9.17, 15) is 25.4 Å². The highest BCUT2D eigenvalue weighted by Gasteiger charge is 2.22. The van der Waals surface area contributed by atoms with Crippen LogP contribution in [0.15, 0.2) is 23.5 Å². The van der Waals surface area contributed by atoms with Gasteiger partial charge in [-0.1, -0.05) is 0 Å². The molecule has 13 heteroatoms. The first-order valence-corrected chi connectivity index (χ1v) is 6.99. The van der Waals surface area contributed by atoms with Gasteiger partial charge >= 0.3 is 5.69 Å². The lowest BCUT2D eigenvalue weighted by atomic mass is 10.2. The van der Waals surface area contributed by atoms with E-state index in [2.05, 4.69) is 5.28 Å². The normalized spacial score (nSPS) is 11.4. The molecular weight excluding hydrogens is 348 g/mol. The Morgan fingerprint density at radius 3 is 2.38 bits per heavy atom. The Kier molecular flexibility index (Phi) is 7.07. The summed E-state index contributed by atoms with van der Waals surface area (Å²) in [7, 11) is 1.61. The summed E-state index contributed by atoms with van der Waals surface area (Å²) in [5.41, 5.74) is -1.15. The summed E-state index contributed by atoms with van der Waals surface area (Å²) in [4.78, 5) is 24.8. The van der Waals surface area contributed by atoms with Crippen molar-refractivity contribution in [1.29, 1.82) is 0 Å². The third kappa shape index (κ3) is 5.48. The highest BCUT2D eigenvalue weighted by molar-refractivity contribution is 6.13. The third-order valence-electron chi connectivity index (χ3n) is 2.83. The lowest BCUT2D eigenvalue weighted by Gasteiger charge is -2.17. The molecule has 0 amide bonds. The van der Waals surface area contributed by atoms with Gasteiger partial charge in [0.25, 0.3) is 5.69 Å². The first kappa shape index (κ1) is 19.3. The molecule has 12 nitrogen and oxygen atoms in total. The molecule has 0 bridgehead atoms. The number of hydrazine groups is 1. The van der Waals surface area contributed by atoms with Crippen LogP contribution in [0.3, 0.4) is 0 Å². The average molecular weight is 363 g/mol. The number of nitrogens with zero attached hydrogens (tertiary/aromatic N) is 6. The number of benzene rings is 1. The Balaban J connectivity index is 2.94. The van der Waals surface area contributed by atoms with Crippen LogP contribution in [0, 0.1) is 25.4 Å². The smallest absolute Gasteiger partial charge is 0.321 e. The Bertz CT molecular complexity index is 639. The molecule has 1 aromatic carbocycles. The van der Waals surface area contributed by atoms with Crippen LogP contribution < -0.4 is 4.84 Å². The minimum Gasteiger partial charge on any atom is -0.569 e. The second-order valence-corrected chi connectivity index (χ2v) is 5.04. The summed E-state index contributed by atoms with van der Waals surface area (Å²) in [5, 5.41) is 37.9. The first-order valence-electron chi connectivity index (χ1n) is 6.66. The third-order valence-corrected chi connectivity index (χ3v) is 3.00. The largest absolute Gasteiger partial charge is 0.569 e. The SMILES string of the molecule is CCN(CCN(C)Cl)/[N+]([O-])=N/Oc1ccc([N+](=O)[O-])cc1[N+](=O)[O-]. The van der Waals surface area contributed by atoms with Gasteiger partial charge in [0.1, 0.15) is 0 Å². The van der Waals surface area contributed by atoms with Crippen molar-refractivity contribution in [2.45, 2.75) is 6.92 Å². The minimum atomic E-state index is -0.868. The number of halogens is 1. The molecule has 0 N–H and O–H groups in total. The predicted octanol–water partition coefficient (Wildman–Crippen LogP) is 2.08. The van der Waals surface area contributed by atoms with Gasteiger partial charge in [-0.15, -0.1) is 5.01 Å². The molecule has 0 fully saturated rings. The Morgan fingerprint density at radius 1 is 1.21 bits per heavy atom. The van der Waals surface area contributed by atoms with Crippen LogP contribution in [-0.4, -0.2) is 50.9 Å². The van der Waals surface area contributed by atoms with Crippen molar-refractivity contribution in [2.24, 2.45) is 5.28 Å². The van der Waals surface area contributed by atoms with E-state index in [4.69, 9.17) is 16.6 Å². The zero-order valence-electron chi connectivity index (χ0n) is 12.9.